The molecular formula is C9H6Cl2N2O2. The van der Waals surface area contributed by atoms with E-state index in [-0.39, 0.29) is 16.6 Å². The number of nitroso groups, excluding NO2 is 1. The largest absolute Gasteiger partial charge is 0.493 e. The van der Waals surface area contributed by atoms with Crippen LogP contribution >= 0.6 is 23.2 Å². The SMILES string of the molecule is Cn1c(O)c(N=O)c2c(Cl)c(Cl)ccc21. The number of hydrogen-bond acceptors (Lipinski definition) is 3. The fraction of sp³-hybridized carbons (Fsp3) is 0.111. The standard InChI is InChI=1S/C9H6Cl2N2O2/c1-13-5-3-2-4(10)7(11)6(5)8(12-15)9(13)14/h2-3,14H,1H3. The molecule has 0 aliphatic rings. The summed E-state index contributed by atoms with van der Waals surface area (Å²) in [7, 11) is 1.61. The van der Waals surface area contributed by atoms with Gasteiger partial charge < -0.3 is 9.67 Å². The molecule has 1 N–H and O–H groups in total. The quantitative estimate of drug-likeness (QED) is 0.780. The Morgan fingerprint density at radius 1 is 1.40 bits per heavy atom. The van der Waals surface area contributed by atoms with Gasteiger partial charge in [-0.2, -0.15) is 0 Å². The minimum Gasteiger partial charge on any atom is -0.493 e. The Hall–Kier alpha value is -1.26. The van der Waals surface area contributed by atoms with Gasteiger partial charge in [0, 0.05) is 7.05 Å². The van der Waals surface area contributed by atoms with Gasteiger partial charge >= 0.3 is 0 Å². The van der Waals surface area contributed by atoms with Crippen LogP contribution in [-0.4, -0.2) is 9.67 Å². The third-order valence-electron chi connectivity index (χ3n) is 2.29. The first-order chi connectivity index (χ1) is 7.07. The summed E-state index contributed by atoms with van der Waals surface area (Å²) in [5.74, 6) is -0.218. The van der Waals surface area contributed by atoms with Crippen LogP contribution in [0, 0.1) is 4.91 Å². The number of benzene rings is 1. The van der Waals surface area contributed by atoms with Gasteiger partial charge in [0.1, 0.15) is 0 Å². The monoisotopic (exact) mass is 244 g/mol. The number of rotatable bonds is 1. The molecule has 0 radical (unpaired) electrons. The minimum atomic E-state index is -0.218. The van der Waals surface area contributed by atoms with E-state index in [2.05, 4.69) is 5.18 Å². The minimum absolute atomic E-state index is 0.0833. The van der Waals surface area contributed by atoms with Crippen LogP contribution < -0.4 is 0 Å². The summed E-state index contributed by atoms with van der Waals surface area (Å²) in [4.78, 5) is 10.6. The number of nitrogens with zero attached hydrogens (tertiary/aromatic N) is 2. The number of aryl methyl sites for hydroxylation is 1. The molecule has 0 unspecified atom stereocenters. The predicted octanol–water partition coefficient (Wildman–Crippen LogP) is 3.59. The molecule has 15 heavy (non-hydrogen) atoms. The van der Waals surface area contributed by atoms with Crippen molar-refractivity contribution in [2.45, 2.75) is 0 Å². The Morgan fingerprint density at radius 2 is 2.07 bits per heavy atom. The van der Waals surface area contributed by atoms with Crippen molar-refractivity contribution in [3.8, 4) is 5.88 Å². The van der Waals surface area contributed by atoms with Crippen LogP contribution in [0.3, 0.4) is 0 Å². The molecule has 2 rings (SSSR count). The van der Waals surface area contributed by atoms with E-state index < -0.39 is 0 Å². The van der Waals surface area contributed by atoms with Gasteiger partial charge in [-0.25, -0.2) is 0 Å². The summed E-state index contributed by atoms with van der Waals surface area (Å²) < 4.78 is 1.42. The number of aromatic hydroxyl groups is 1. The lowest BCUT2D eigenvalue weighted by atomic mass is 10.2. The third-order valence-corrected chi connectivity index (χ3v) is 3.10. The molecule has 0 amide bonds. The smallest absolute Gasteiger partial charge is 0.222 e. The van der Waals surface area contributed by atoms with E-state index in [1.54, 1.807) is 19.2 Å². The molecular weight excluding hydrogens is 239 g/mol. The molecule has 0 saturated carbocycles. The summed E-state index contributed by atoms with van der Waals surface area (Å²) in [6, 6.07) is 3.26. The lowest BCUT2D eigenvalue weighted by Gasteiger charge is -1.98. The average Bonchev–Trinajstić information content (AvgIpc) is 2.47. The molecule has 0 bridgehead atoms. The van der Waals surface area contributed by atoms with E-state index in [1.807, 2.05) is 0 Å². The average molecular weight is 245 g/mol. The van der Waals surface area contributed by atoms with Gasteiger partial charge in [0.2, 0.25) is 5.88 Å². The van der Waals surface area contributed by atoms with Crippen LogP contribution in [0.15, 0.2) is 17.3 Å². The van der Waals surface area contributed by atoms with Crippen molar-refractivity contribution in [3.05, 3.63) is 27.1 Å². The summed E-state index contributed by atoms with van der Waals surface area (Å²) in [5, 5.41) is 13.3. The topological polar surface area (TPSA) is 54.6 Å². The Balaban J connectivity index is 3.05. The number of aromatic nitrogens is 1. The molecule has 4 nitrogen and oxygen atoms in total. The summed E-state index contributed by atoms with van der Waals surface area (Å²) >= 11 is 11.8. The zero-order valence-corrected chi connectivity index (χ0v) is 9.17. The van der Waals surface area contributed by atoms with Crippen LogP contribution in [0.5, 0.6) is 5.88 Å². The van der Waals surface area contributed by atoms with E-state index in [4.69, 9.17) is 23.2 Å². The van der Waals surface area contributed by atoms with Crippen molar-refractivity contribution >= 4 is 39.8 Å². The summed E-state index contributed by atoms with van der Waals surface area (Å²) in [6.07, 6.45) is 0. The molecule has 6 heteroatoms. The first-order valence-corrected chi connectivity index (χ1v) is 4.82. The van der Waals surface area contributed by atoms with E-state index in [1.165, 1.54) is 4.57 Å². The molecule has 0 fully saturated rings. The molecule has 0 spiro atoms. The first kappa shape index (κ1) is 10.3. The van der Waals surface area contributed by atoms with Crippen molar-refractivity contribution in [3.63, 3.8) is 0 Å². The van der Waals surface area contributed by atoms with Gasteiger partial charge in [-0.05, 0) is 17.3 Å². The van der Waals surface area contributed by atoms with E-state index >= 15 is 0 Å². The van der Waals surface area contributed by atoms with Crippen LogP contribution in [-0.2, 0) is 7.05 Å². The second-order valence-corrected chi connectivity index (χ2v) is 3.86. The summed E-state index contributed by atoms with van der Waals surface area (Å²) in [5.41, 5.74) is 0.525. The van der Waals surface area contributed by atoms with Gasteiger partial charge in [0.05, 0.1) is 20.9 Å². The second-order valence-electron chi connectivity index (χ2n) is 3.08. The molecule has 1 aromatic heterocycles. The molecule has 1 heterocycles. The van der Waals surface area contributed by atoms with Gasteiger partial charge in [0.15, 0.2) is 5.69 Å². The lowest BCUT2D eigenvalue weighted by molar-refractivity contribution is 0.437. The first-order valence-electron chi connectivity index (χ1n) is 4.06. The molecule has 2 aromatic rings. The second kappa shape index (κ2) is 3.40. The van der Waals surface area contributed by atoms with Gasteiger partial charge in [-0.3, -0.25) is 0 Å². The molecule has 1 aromatic carbocycles. The van der Waals surface area contributed by atoms with Crippen LogP contribution in [0.4, 0.5) is 5.69 Å². The lowest BCUT2D eigenvalue weighted by Crippen LogP contribution is -1.85. The fourth-order valence-electron chi connectivity index (χ4n) is 1.52. The van der Waals surface area contributed by atoms with Crippen LogP contribution in [0.2, 0.25) is 10.0 Å². The molecule has 0 atom stereocenters. The molecule has 0 aliphatic carbocycles. The number of fused-ring (bicyclic) bond motifs is 1. The van der Waals surface area contributed by atoms with Crippen molar-refractivity contribution in [2.24, 2.45) is 12.2 Å². The van der Waals surface area contributed by atoms with Crippen molar-refractivity contribution in [2.75, 3.05) is 0 Å². The van der Waals surface area contributed by atoms with E-state index in [0.29, 0.717) is 15.9 Å². The van der Waals surface area contributed by atoms with Gasteiger partial charge in [-0.1, -0.05) is 23.2 Å². The highest BCUT2D eigenvalue weighted by molar-refractivity contribution is 6.46. The molecule has 0 saturated heterocycles. The third kappa shape index (κ3) is 1.29. The highest BCUT2D eigenvalue weighted by Crippen LogP contribution is 2.43. The normalized spacial score (nSPS) is 10.9. The highest BCUT2D eigenvalue weighted by Gasteiger charge is 2.19. The zero-order valence-electron chi connectivity index (χ0n) is 7.66. The maximum absolute atomic E-state index is 10.6. The van der Waals surface area contributed by atoms with E-state index in [0.717, 1.165) is 0 Å². The van der Waals surface area contributed by atoms with Gasteiger partial charge in [-0.15, -0.1) is 4.91 Å². The van der Waals surface area contributed by atoms with Crippen molar-refractivity contribution in [1.29, 1.82) is 0 Å². The molecule has 0 aliphatic heterocycles. The maximum Gasteiger partial charge on any atom is 0.222 e. The van der Waals surface area contributed by atoms with E-state index in [9.17, 15) is 10.0 Å². The maximum atomic E-state index is 10.6. The zero-order chi connectivity index (χ0) is 11.2. The Morgan fingerprint density at radius 3 is 2.67 bits per heavy atom. The predicted molar refractivity (Wildman–Crippen MR) is 60.1 cm³/mol. The van der Waals surface area contributed by atoms with Gasteiger partial charge in [0.25, 0.3) is 0 Å². The molecule has 78 valence electrons. The number of hydrogen-bond donors (Lipinski definition) is 1. The Bertz CT molecular complexity index is 563. The fourth-order valence-corrected chi connectivity index (χ4v) is 1.92. The van der Waals surface area contributed by atoms with Crippen LogP contribution in [0.1, 0.15) is 0 Å². The van der Waals surface area contributed by atoms with Crippen molar-refractivity contribution in [1.82, 2.24) is 4.57 Å². The summed E-state index contributed by atoms with van der Waals surface area (Å²) in [6.45, 7) is 0. The van der Waals surface area contributed by atoms with Crippen molar-refractivity contribution < 1.29 is 5.11 Å². The Labute approximate surface area is 95.0 Å². The number of halogens is 2. The highest BCUT2D eigenvalue weighted by atomic mass is 35.5. The Kier molecular flexibility index (Phi) is 2.32. The van der Waals surface area contributed by atoms with Crippen LogP contribution in [0.25, 0.3) is 10.9 Å².